The van der Waals surface area contributed by atoms with Gasteiger partial charge in [-0.1, -0.05) is 25.6 Å². The quantitative estimate of drug-likeness (QED) is 0.802. The Bertz CT molecular complexity index is 447. The number of nitrogens with one attached hydrogen (secondary N) is 1. The van der Waals surface area contributed by atoms with Gasteiger partial charge in [-0.3, -0.25) is 0 Å². The van der Waals surface area contributed by atoms with Gasteiger partial charge < -0.3 is 11.1 Å². The molecule has 18 heavy (non-hydrogen) atoms. The fourth-order valence-electron chi connectivity index (χ4n) is 2.51. The first-order valence-corrected chi connectivity index (χ1v) is 6.98. The summed E-state index contributed by atoms with van der Waals surface area (Å²) in [5.41, 5.74) is 7.99. The van der Waals surface area contributed by atoms with Gasteiger partial charge in [-0.15, -0.1) is 0 Å². The maximum absolute atomic E-state index is 5.67. The molecule has 0 radical (unpaired) electrons. The van der Waals surface area contributed by atoms with E-state index in [4.69, 9.17) is 18.0 Å². The van der Waals surface area contributed by atoms with Gasteiger partial charge in [0.2, 0.25) is 0 Å². The molecular formula is C14H21N3S. The fourth-order valence-corrected chi connectivity index (χ4v) is 2.63. The molecule has 0 unspecified atom stereocenters. The monoisotopic (exact) mass is 263 g/mol. The lowest BCUT2D eigenvalue weighted by Crippen LogP contribution is -2.36. The summed E-state index contributed by atoms with van der Waals surface area (Å²) < 4.78 is 0. The van der Waals surface area contributed by atoms with Crippen LogP contribution in [0.25, 0.3) is 0 Å². The molecule has 4 heteroatoms. The molecule has 0 aliphatic heterocycles. The van der Waals surface area contributed by atoms with E-state index in [0.29, 0.717) is 10.4 Å². The lowest BCUT2D eigenvalue weighted by molar-refractivity contribution is 0.145. The molecule has 1 aromatic rings. The van der Waals surface area contributed by atoms with Crippen molar-refractivity contribution in [2.75, 3.05) is 11.9 Å². The van der Waals surface area contributed by atoms with E-state index >= 15 is 0 Å². The number of pyridine rings is 1. The van der Waals surface area contributed by atoms with Crippen molar-refractivity contribution in [2.45, 2.75) is 39.5 Å². The van der Waals surface area contributed by atoms with Crippen LogP contribution in [0.15, 0.2) is 12.1 Å². The summed E-state index contributed by atoms with van der Waals surface area (Å²) in [6.07, 6.45) is 5.23. The molecule has 1 heterocycles. The summed E-state index contributed by atoms with van der Waals surface area (Å²) in [4.78, 5) is 4.91. The van der Waals surface area contributed by atoms with Gasteiger partial charge in [-0.05, 0) is 43.7 Å². The van der Waals surface area contributed by atoms with Gasteiger partial charge in [0.1, 0.15) is 10.8 Å². The number of aryl methyl sites for hydroxylation is 1. The molecule has 0 aromatic carbocycles. The zero-order chi connectivity index (χ0) is 13.2. The van der Waals surface area contributed by atoms with Gasteiger partial charge in [0, 0.05) is 17.8 Å². The zero-order valence-electron chi connectivity index (χ0n) is 11.1. The Labute approximate surface area is 114 Å². The van der Waals surface area contributed by atoms with E-state index in [1.54, 1.807) is 0 Å². The van der Waals surface area contributed by atoms with Gasteiger partial charge >= 0.3 is 0 Å². The Morgan fingerprint density at radius 2 is 2.22 bits per heavy atom. The SMILES string of the molecule is CCC1(CNc2cc(C(N)=S)cc(C)n2)CCC1. The van der Waals surface area contributed by atoms with Gasteiger partial charge in [-0.2, -0.15) is 0 Å². The third kappa shape index (κ3) is 2.80. The number of hydrogen-bond acceptors (Lipinski definition) is 3. The predicted octanol–water partition coefficient (Wildman–Crippen LogP) is 3.02. The van der Waals surface area contributed by atoms with Crippen molar-refractivity contribution in [1.82, 2.24) is 4.98 Å². The van der Waals surface area contributed by atoms with E-state index in [1.807, 2.05) is 19.1 Å². The molecular weight excluding hydrogens is 242 g/mol. The largest absolute Gasteiger partial charge is 0.389 e. The van der Waals surface area contributed by atoms with E-state index in [2.05, 4.69) is 17.2 Å². The third-order valence-corrected chi connectivity index (χ3v) is 4.28. The molecule has 1 aliphatic rings. The van der Waals surface area contributed by atoms with Crippen molar-refractivity contribution in [3.63, 3.8) is 0 Å². The van der Waals surface area contributed by atoms with E-state index in [0.717, 1.165) is 23.6 Å². The first-order valence-electron chi connectivity index (χ1n) is 6.57. The number of thiocarbonyl (C=S) groups is 1. The maximum Gasteiger partial charge on any atom is 0.126 e. The summed E-state index contributed by atoms with van der Waals surface area (Å²) in [5, 5.41) is 3.45. The van der Waals surface area contributed by atoms with Crippen LogP contribution in [-0.2, 0) is 0 Å². The smallest absolute Gasteiger partial charge is 0.126 e. The summed E-state index contributed by atoms with van der Waals surface area (Å²) in [6.45, 7) is 5.23. The highest BCUT2D eigenvalue weighted by atomic mass is 32.1. The molecule has 98 valence electrons. The van der Waals surface area contributed by atoms with E-state index in [-0.39, 0.29) is 0 Å². The van der Waals surface area contributed by atoms with Crippen LogP contribution in [-0.4, -0.2) is 16.5 Å². The Morgan fingerprint density at radius 3 is 2.72 bits per heavy atom. The minimum Gasteiger partial charge on any atom is -0.389 e. The lowest BCUT2D eigenvalue weighted by Gasteiger charge is -2.41. The van der Waals surface area contributed by atoms with E-state index in [1.165, 1.54) is 25.7 Å². The van der Waals surface area contributed by atoms with Crippen molar-refractivity contribution in [2.24, 2.45) is 11.1 Å². The Morgan fingerprint density at radius 1 is 1.50 bits per heavy atom. The first-order chi connectivity index (χ1) is 8.54. The number of rotatable bonds is 5. The molecule has 1 aliphatic carbocycles. The summed E-state index contributed by atoms with van der Waals surface area (Å²) >= 11 is 5.02. The van der Waals surface area contributed by atoms with E-state index in [9.17, 15) is 0 Å². The number of anilines is 1. The minimum absolute atomic E-state index is 0.428. The topological polar surface area (TPSA) is 50.9 Å². The second-order valence-corrected chi connectivity index (χ2v) is 5.75. The van der Waals surface area contributed by atoms with Crippen molar-refractivity contribution >= 4 is 23.0 Å². The van der Waals surface area contributed by atoms with Crippen LogP contribution in [0.5, 0.6) is 0 Å². The number of nitrogens with zero attached hydrogens (tertiary/aromatic N) is 1. The van der Waals surface area contributed by atoms with Crippen molar-refractivity contribution in [3.8, 4) is 0 Å². The maximum atomic E-state index is 5.67. The Hall–Kier alpha value is -1.16. The predicted molar refractivity (Wildman–Crippen MR) is 79.9 cm³/mol. The highest BCUT2D eigenvalue weighted by molar-refractivity contribution is 7.80. The summed E-state index contributed by atoms with van der Waals surface area (Å²) in [5.74, 6) is 0.887. The number of nitrogens with two attached hydrogens (primary N) is 1. The minimum atomic E-state index is 0.428. The average Bonchev–Trinajstić information content (AvgIpc) is 2.27. The van der Waals surface area contributed by atoms with Crippen LogP contribution in [0.1, 0.15) is 43.9 Å². The molecule has 0 spiro atoms. The molecule has 3 N–H and O–H groups in total. The van der Waals surface area contributed by atoms with E-state index < -0.39 is 0 Å². The molecule has 0 amide bonds. The van der Waals surface area contributed by atoms with Gasteiger partial charge in [0.25, 0.3) is 0 Å². The summed E-state index contributed by atoms with van der Waals surface area (Å²) in [6, 6.07) is 3.86. The average molecular weight is 263 g/mol. The Kier molecular flexibility index (Phi) is 3.85. The Balaban J connectivity index is 2.07. The van der Waals surface area contributed by atoms with Crippen molar-refractivity contribution in [1.29, 1.82) is 0 Å². The van der Waals surface area contributed by atoms with Crippen LogP contribution in [0, 0.1) is 12.3 Å². The zero-order valence-corrected chi connectivity index (χ0v) is 11.9. The van der Waals surface area contributed by atoms with Crippen LogP contribution in [0.2, 0.25) is 0 Å². The molecule has 0 atom stereocenters. The highest BCUT2D eigenvalue weighted by Gasteiger charge is 2.34. The molecule has 3 nitrogen and oxygen atoms in total. The van der Waals surface area contributed by atoms with Crippen LogP contribution >= 0.6 is 12.2 Å². The van der Waals surface area contributed by atoms with Crippen molar-refractivity contribution < 1.29 is 0 Å². The molecule has 1 aromatic heterocycles. The van der Waals surface area contributed by atoms with Gasteiger partial charge in [0.15, 0.2) is 0 Å². The highest BCUT2D eigenvalue weighted by Crippen LogP contribution is 2.43. The third-order valence-electron chi connectivity index (χ3n) is 4.05. The second kappa shape index (κ2) is 5.22. The number of hydrogen-bond donors (Lipinski definition) is 2. The lowest BCUT2D eigenvalue weighted by atomic mass is 9.67. The first kappa shape index (κ1) is 13.3. The van der Waals surface area contributed by atoms with Crippen LogP contribution in [0.3, 0.4) is 0 Å². The molecule has 2 rings (SSSR count). The summed E-state index contributed by atoms with van der Waals surface area (Å²) in [7, 11) is 0. The second-order valence-electron chi connectivity index (χ2n) is 5.31. The molecule has 0 bridgehead atoms. The number of aromatic nitrogens is 1. The normalized spacial score (nSPS) is 17.0. The van der Waals surface area contributed by atoms with Gasteiger partial charge in [-0.25, -0.2) is 4.98 Å². The standard InChI is InChI=1S/C14H21N3S/c1-3-14(5-4-6-14)9-16-12-8-11(13(15)18)7-10(2)17-12/h7-8H,3-6,9H2,1-2H3,(H2,15,18)(H,16,17). The van der Waals surface area contributed by atoms with Gasteiger partial charge in [0.05, 0.1) is 0 Å². The molecule has 0 saturated heterocycles. The molecule has 1 fully saturated rings. The van der Waals surface area contributed by atoms with Crippen LogP contribution in [0.4, 0.5) is 5.82 Å². The molecule has 1 saturated carbocycles. The van der Waals surface area contributed by atoms with Crippen LogP contribution < -0.4 is 11.1 Å². The van der Waals surface area contributed by atoms with Crippen molar-refractivity contribution in [3.05, 3.63) is 23.4 Å². The fraction of sp³-hybridized carbons (Fsp3) is 0.571.